The first kappa shape index (κ1) is 19.9. The highest BCUT2D eigenvalue weighted by atomic mass is 19.4. The van der Waals surface area contributed by atoms with Gasteiger partial charge in [-0.15, -0.1) is 0 Å². The highest BCUT2D eigenvalue weighted by molar-refractivity contribution is 5.74. The van der Waals surface area contributed by atoms with E-state index in [1.165, 1.54) is 4.90 Å². The van der Waals surface area contributed by atoms with Crippen LogP contribution < -0.4 is 5.32 Å². The number of aromatic nitrogens is 3. The molecule has 1 saturated heterocycles. The van der Waals surface area contributed by atoms with Crippen molar-refractivity contribution < 1.29 is 18.0 Å². The summed E-state index contributed by atoms with van der Waals surface area (Å²) in [4.78, 5) is 20.2. The van der Waals surface area contributed by atoms with Crippen LogP contribution in [0.5, 0.6) is 0 Å². The molecule has 1 N–H and O–H groups in total. The minimum absolute atomic E-state index is 0.210. The normalized spacial score (nSPS) is 24.2. The van der Waals surface area contributed by atoms with Crippen LogP contribution in [0.3, 0.4) is 0 Å². The van der Waals surface area contributed by atoms with Gasteiger partial charge >= 0.3 is 12.2 Å². The second-order valence-electron chi connectivity index (χ2n) is 7.73. The third kappa shape index (κ3) is 4.72. The summed E-state index contributed by atoms with van der Waals surface area (Å²) in [7, 11) is 0. The number of nitrogens with one attached hydrogen (secondary N) is 1. The van der Waals surface area contributed by atoms with Gasteiger partial charge in [0.2, 0.25) is 0 Å². The quantitative estimate of drug-likeness (QED) is 0.864. The molecule has 2 aliphatic heterocycles. The average molecular weight is 388 g/mol. The Balaban J connectivity index is 1.61. The Bertz CT molecular complexity index is 674. The van der Waals surface area contributed by atoms with Crippen molar-refractivity contribution in [3.63, 3.8) is 0 Å². The van der Waals surface area contributed by atoms with E-state index in [4.69, 9.17) is 0 Å². The molecular weight excluding hydrogens is 361 g/mol. The van der Waals surface area contributed by atoms with E-state index in [2.05, 4.69) is 15.4 Å². The van der Waals surface area contributed by atoms with Crippen molar-refractivity contribution in [1.82, 2.24) is 29.9 Å². The minimum atomic E-state index is -4.22. The molecule has 3 heterocycles. The lowest BCUT2D eigenvalue weighted by Crippen LogP contribution is -2.57. The largest absolute Gasteiger partial charge is 0.401 e. The summed E-state index contributed by atoms with van der Waals surface area (Å²) in [6.45, 7) is 6.39. The molecule has 152 valence electrons. The van der Waals surface area contributed by atoms with Crippen LogP contribution in [-0.2, 0) is 6.54 Å². The van der Waals surface area contributed by atoms with Gasteiger partial charge in [0.15, 0.2) is 5.82 Å². The molecule has 3 rings (SSSR count). The Morgan fingerprint density at radius 2 is 2.04 bits per heavy atom. The van der Waals surface area contributed by atoms with E-state index >= 15 is 0 Å². The van der Waals surface area contributed by atoms with Gasteiger partial charge in [0.1, 0.15) is 5.82 Å². The molecule has 2 amide bonds. The van der Waals surface area contributed by atoms with Crippen LogP contribution in [0.4, 0.5) is 18.0 Å². The van der Waals surface area contributed by atoms with Gasteiger partial charge in [0.05, 0.1) is 12.6 Å². The predicted octanol–water partition coefficient (Wildman–Crippen LogP) is 2.51. The maximum atomic E-state index is 12.7. The Labute approximate surface area is 156 Å². The minimum Gasteiger partial charge on any atom is -0.328 e. The van der Waals surface area contributed by atoms with Crippen molar-refractivity contribution in [2.45, 2.75) is 64.3 Å². The van der Waals surface area contributed by atoms with Gasteiger partial charge in [-0.25, -0.2) is 14.5 Å². The standard InChI is InChI=1S/C17H27F3N6O/c1-11(2)14-22-15-13(5-4-6-26(15)23-14)21-16(27)24-7-8-25(12(3)9-24)10-17(18,19)20/h11-13H,4-10H2,1-3H3,(H,21,27)/t12-,13+/m0/s1. The zero-order valence-corrected chi connectivity index (χ0v) is 16.0. The van der Waals surface area contributed by atoms with Gasteiger partial charge in [-0.3, -0.25) is 4.90 Å². The van der Waals surface area contributed by atoms with E-state index < -0.39 is 12.7 Å². The molecule has 1 aromatic rings. The van der Waals surface area contributed by atoms with Crippen LogP contribution in [0.25, 0.3) is 0 Å². The molecule has 2 atom stereocenters. The average Bonchev–Trinajstić information content (AvgIpc) is 3.01. The van der Waals surface area contributed by atoms with Crippen LogP contribution in [0.15, 0.2) is 0 Å². The topological polar surface area (TPSA) is 66.3 Å². The van der Waals surface area contributed by atoms with Gasteiger partial charge in [0.25, 0.3) is 0 Å². The number of alkyl halides is 3. The molecule has 1 aromatic heterocycles. The third-order valence-electron chi connectivity index (χ3n) is 5.14. The lowest BCUT2D eigenvalue weighted by Gasteiger charge is -2.40. The fraction of sp³-hybridized carbons (Fsp3) is 0.824. The molecule has 10 heteroatoms. The Kier molecular flexibility index (Phi) is 5.64. The Hall–Kier alpha value is -1.84. The van der Waals surface area contributed by atoms with E-state index in [-0.39, 0.29) is 43.7 Å². The molecular formula is C17H27F3N6O. The molecule has 0 aliphatic carbocycles. The van der Waals surface area contributed by atoms with Crippen molar-refractivity contribution >= 4 is 6.03 Å². The van der Waals surface area contributed by atoms with Crippen LogP contribution in [0.1, 0.15) is 57.2 Å². The molecule has 27 heavy (non-hydrogen) atoms. The number of piperazine rings is 1. The monoisotopic (exact) mass is 388 g/mol. The number of nitrogens with zero attached hydrogens (tertiary/aromatic N) is 5. The van der Waals surface area contributed by atoms with Crippen molar-refractivity contribution in [2.75, 3.05) is 26.2 Å². The fourth-order valence-corrected chi connectivity index (χ4v) is 3.64. The summed E-state index contributed by atoms with van der Waals surface area (Å²) < 4.78 is 39.7. The van der Waals surface area contributed by atoms with Gasteiger partial charge < -0.3 is 10.2 Å². The summed E-state index contributed by atoms with van der Waals surface area (Å²) in [5, 5.41) is 7.51. The van der Waals surface area contributed by atoms with Crippen LogP contribution >= 0.6 is 0 Å². The number of rotatable bonds is 3. The SMILES string of the molecule is CC(C)c1nc2n(n1)CCC[C@H]2NC(=O)N1CCN(CC(F)(F)F)[C@@H](C)C1. The van der Waals surface area contributed by atoms with Gasteiger partial charge in [-0.1, -0.05) is 13.8 Å². The van der Waals surface area contributed by atoms with Gasteiger partial charge in [-0.2, -0.15) is 18.3 Å². The maximum Gasteiger partial charge on any atom is 0.401 e. The number of halogens is 3. The fourth-order valence-electron chi connectivity index (χ4n) is 3.64. The van der Waals surface area contributed by atoms with Crippen molar-refractivity contribution in [1.29, 1.82) is 0 Å². The third-order valence-corrected chi connectivity index (χ3v) is 5.14. The van der Waals surface area contributed by atoms with Crippen LogP contribution in [-0.4, -0.2) is 69.0 Å². The van der Waals surface area contributed by atoms with Crippen molar-refractivity contribution in [2.24, 2.45) is 0 Å². The summed E-state index contributed by atoms with van der Waals surface area (Å²) in [6, 6.07) is -0.801. The number of amides is 2. The second kappa shape index (κ2) is 7.65. The number of hydrogen-bond donors (Lipinski definition) is 1. The zero-order valence-electron chi connectivity index (χ0n) is 16.0. The highest BCUT2D eigenvalue weighted by Gasteiger charge is 2.36. The number of carbonyl (C=O) groups is 1. The molecule has 1 fully saturated rings. The van der Waals surface area contributed by atoms with Crippen molar-refractivity contribution in [3.8, 4) is 0 Å². The highest BCUT2D eigenvalue weighted by Crippen LogP contribution is 2.26. The first-order valence-corrected chi connectivity index (χ1v) is 9.45. The molecule has 0 saturated carbocycles. The Morgan fingerprint density at radius 3 is 2.67 bits per heavy atom. The molecule has 0 unspecified atom stereocenters. The van der Waals surface area contributed by atoms with E-state index in [0.29, 0.717) is 0 Å². The number of aryl methyl sites for hydroxylation is 1. The summed E-state index contributed by atoms with van der Waals surface area (Å²) in [5.74, 6) is 1.74. The Morgan fingerprint density at radius 1 is 1.30 bits per heavy atom. The smallest absolute Gasteiger partial charge is 0.328 e. The van der Waals surface area contributed by atoms with E-state index in [1.807, 2.05) is 18.5 Å². The van der Waals surface area contributed by atoms with Crippen LogP contribution in [0, 0.1) is 0 Å². The lowest BCUT2D eigenvalue weighted by atomic mass is 10.1. The molecule has 2 aliphatic rings. The molecule has 0 radical (unpaired) electrons. The molecule has 7 nitrogen and oxygen atoms in total. The lowest BCUT2D eigenvalue weighted by molar-refractivity contribution is -0.153. The first-order valence-electron chi connectivity index (χ1n) is 9.45. The summed E-state index contributed by atoms with van der Waals surface area (Å²) in [6.07, 6.45) is -2.54. The van der Waals surface area contributed by atoms with E-state index in [9.17, 15) is 18.0 Å². The zero-order chi connectivity index (χ0) is 19.8. The molecule has 0 aromatic carbocycles. The number of carbonyl (C=O) groups excluding carboxylic acids is 1. The van der Waals surface area contributed by atoms with Crippen LogP contribution in [0.2, 0.25) is 0 Å². The summed E-state index contributed by atoms with van der Waals surface area (Å²) in [5.41, 5.74) is 0. The second-order valence-corrected chi connectivity index (χ2v) is 7.73. The predicted molar refractivity (Wildman–Crippen MR) is 93.3 cm³/mol. The number of urea groups is 1. The van der Waals surface area contributed by atoms with Gasteiger partial charge in [-0.05, 0) is 19.8 Å². The number of fused-ring (bicyclic) bond motifs is 1. The molecule has 0 spiro atoms. The number of hydrogen-bond acceptors (Lipinski definition) is 4. The molecule has 0 bridgehead atoms. The van der Waals surface area contributed by atoms with Crippen molar-refractivity contribution in [3.05, 3.63) is 11.6 Å². The maximum absolute atomic E-state index is 12.7. The summed E-state index contributed by atoms with van der Waals surface area (Å²) >= 11 is 0. The van der Waals surface area contributed by atoms with E-state index in [0.717, 1.165) is 31.0 Å². The van der Waals surface area contributed by atoms with Gasteiger partial charge in [0, 0.05) is 38.1 Å². The first-order chi connectivity index (χ1) is 12.6. The van der Waals surface area contributed by atoms with E-state index in [1.54, 1.807) is 11.8 Å².